The first-order valence-corrected chi connectivity index (χ1v) is 9.20. The van der Waals surface area contributed by atoms with E-state index in [1.165, 1.54) is 0 Å². The first-order valence-electron chi connectivity index (χ1n) is 8.41. The molecule has 0 spiro atoms. The molecule has 0 amide bonds. The molecule has 1 N–H and O–H groups in total. The van der Waals surface area contributed by atoms with Crippen molar-refractivity contribution in [3.63, 3.8) is 0 Å². The Bertz CT molecular complexity index is 917. The topological polar surface area (TPSA) is 50.9 Å². The Balaban J connectivity index is 2.09. The highest BCUT2D eigenvalue weighted by molar-refractivity contribution is 9.10. The molecule has 5 heteroatoms. The van der Waals surface area contributed by atoms with Crippen LogP contribution in [0.4, 0.5) is 0 Å². The maximum absolute atomic E-state index is 10.3. The summed E-state index contributed by atoms with van der Waals surface area (Å²) in [7, 11) is 0. The fraction of sp³-hybridized carbons (Fsp3) is 0.400. The molecule has 0 bridgehead atoms. The third-order valence-corrected chi connectivity index (χ3v) is 4.93. The quantitative estimate of drug-likeness (QED) is 0.661. The van der Waals surface area contributed by atoms with E-state index < -0.39 is 5.60 Å². The summed E-state index contributed by atoms with van der Waals surface area (Å²) in [5.74, 6) is 0. The number of nitrogens with zero attached hydrogens (tertiary/aromatic N) is 3. The predicted molar refractivity (Wildman–Crippen MR) is 105 cm³/mol. The molecule has 0 unspecified atom stereocenters. The van der Waals surface area contributed by atoms with Gasteiger partial charge >= 0.3 is 0 Å². The third kappa shape index (κ3) is 3.77. The van der Waals surface area contributed by atoms with Crippen LogP contribution in [0.3, 0.4) is 0 Å². The Kier molecular flexibility index (Phi) is 4.50. The van der Waals surface area contributed by atoms with Crippen LogP contribution in [0.25, 0.3) is 22.2 Å². The van der Waals surface area contributed by atoms with Crippen LogP contribution in [0.5, 0.6) is 0 Å². The Morgan fingerprint density at radius 1 is 1.08 bits per heavy atom. The lowest BCUT2D eigenvalue weighted by Gasteiger charge is -2.19. The van der Waals surface area contributed by atoms with Gasteiger partial charge < -0.3 is 5.11 Å². The highest BCUT2D eigenvalue weighted by atomic mass is 79.9. The van der Waals surface area contributed by atoms with Gasteiger partial charge in [-0.2, -0.15) is 0 Å². The Morgan fingerprint density at radius 2 is 1.80 bits per heavy atom. The summed E-state index contributed by atoms with van der Waals surface area (Å²) < 4.78 is 2.88. The van der Waals surface area contributed by atoms with Crippen molar-refractivity contribution in [2.75, 3.05) is 0 Å². The van der Waals surface area contributed by atoms with Gasteiger partial charge in [0.25, 0.3) is 0 Å². The molecule has 1 heterocycles. The van der Waals surface area contributed by atoms with Gasteiger partial charge in [-0.05, 0) is 64.0 Å². The zero-order valence-corrected chi connectivity index (χ0v) is 16.9. The summed E-state index contributed by atoms with van der Waals surface area (Å²) in [6.45, 7) is 11.0. The summed E-state index contributed by atoms with van der Waals surface area (Å²) >= 11 is 3.71. The Hall–Kier alpha value is -1.72. The van der Waals surface area contributed by atoms with E-state index >= 15 is 0 Å². The van der Waals surface area contributed by atoms with Gasteiger partial charge in [-0.15, -0.1) is 5.10 Å². The van der Waals surface area contributed by atoms with Gasteiger partial charge in [0.2, 0.25) is 0 Å². The smallest absolute Gasteiger partial charge is 0.127 e. The predicted octanol–water partition coefficient (Wildman–Crippen LogP) is 5.13. The van der Waals surface area contributed by atoms with Gasteiger partial charge in [0, 0.05) is 6.54 Å². The van der Waals surface area contributed by atoms with Crippen molar-refractivity contribution in [2.45, 2.75) is 46.8 Å². The van der Waals surface area contributed by atoms with Crippen LogP contribution in [0, 0.1) is 5.41 Å². The molecule has 4 nitrogen and oxygen atoms in total. The SMILES string of the molecule is CC(C)(C)Cn1nnc2c(Br)c(-c3cccc(C(C)(C)O)c3)ccc21. The fourth-order valence-corrected chi connectivity index (χ4v) is 3.50. The van der Waals surface area contributed by atoms with Crippen molar-refractivity contribution in [1.82, 2.24) is 15.0 Å². The molecule has 3 aromatic rings. The van der Waals surface area contributed by atoms with Crippen LogP contribution in [0.1, 0.15) is 40.2 Å². The molecule has 0 aliphatic heterocycles. The molecule has 0 saturated carbocycles. The summed E-state index contributed by atoms with van der Waals surface area (Å²) in [4.78, 5) is 0. The summed E-state index contributed by atoms with van der Waals surface area (Å²) in [6.07, 6.45) is 0. The molecule has 132 valence electrons. The highest BCUT2D eigenvalue weighted by Gasteiger charge is 2.19. The van der Waals surface area contributed by atoms with Gasteiger partial charge in [0.1, 0.15) is 5.52 Å². The summed E-state index contributed by atoms with van der Waals surface area (Å²) in [5, 5.41) is 19.0. The van der Waals surface area contributed by atoms with Crippen molar-refractivity contribution in [1.29, 1.82) is 0 Å². The zero-order valence-electron chi connectivity index (χ0n) is 15.3. The normalized spacial score (nSPS) is 12.8. The van der Waals surface area contributed by atoms with Crippen molar-refractivity contribution in [2.24, 2.45) is 5.41 Å². The van der Waals surface area contributed by atoms with Gasteiger partial charge in [-0.25, -0.2) is 4.68 Å². The molecule has 0 fully saturated rings. The van der Waals surface area contributed by atoms with E-state index in [-0.39, 0.29) is 5.41 Å². The lowest BCUT2D eigenvalue weighted by molar-refractivity contribution is 0.0786. The maximum atomic E-state index is 10.3. The van der Waals surface area contributed by atoms with E-state index in [9.17, 15) is 5.11 Å². The van der Waals surface area contributed by atoms with Crippen molar-refractivity contribution in [3.05, 3.63) is 46.4 Å². The molecule has 3 rings (SSSR count). The molecule has 0 aliphatic rings. The fourth-order valence-electron chi connectivity index (χ4n) is 2.86. The highest BCUT2D eigenvalue weighted by Crippen LogP contribution is 2.35. The van der Waals surface area contributed by atoms with E-state index in [2.05, 4.69) is 59.1 Å². The lowest BCUT2D eigenvalue weighted by atomic mass is 9.94. The second-order valence-corrected chi connectivity index (χ2v) is 9.04. The Labute approximate surface area is 157 Å². The van der Waals surface area contributed by atoms with E-state index in [0.29, 0.717) is 0 Å². The van der Waals surface area contributed by atoms with Crippen LogP contribution < -0.4 is 0 Å². The van der Waals surface area contributed by atoms with Crippen LogP contribution in [0.15, 0.2) is 40.9 Å². The molecule has 0 saturated heterocycles. The van der Waals surface area contributed by atoms with Gasteiger partial charge in [-0.1, -0.05) is 50.3 Å². The Morgan fingerprint density at radius 3 is 2.44 bits per heavy atom. The van der Waals surface area contributed by atoms with Crippen molar-refractivity contribution in [3.8, 4) is 11.1 Å². The third-order valence-electron chi connectivity index (χ3n) is 4.13. The maximum Gasteiger partial charge on any atom is 0.127 e. The number of aromatic nitrogens is 3. The standard InChI is InChI=1S/C20H24BrN3O/c1-19(2,3)12-24-16-10-9-15(17(21)18(16)22-23-24)13-7-6-8-14(11-13)20(4,5)25/h6-11,25H,12H2,1-5H3. The van der Waals surface area contributed by atoms with Gasteiger partial charge in [-0.3, -0.25) is 0 Å². The molecular weight excluding hydrogens is 378 g/mol. The monoisotopic (exact) mass is 401 g/mol. The van der Waals surface area contributed by atoms with Crippen molar-refractivity contribution < 1.29 is 5.11 Å². The minimum Gasteiger partial charge on any atom is -0.386 e. The number of hydrogen-bond donors (Lipinski definition) is 1. The minimum absolute atomic E-state index is 0.132. The average Bonchev–Trinajstić information content (AvgIpc) is 2.89. The average molecular weight is 402 g/mol. The molecule has 0 aliphatic carbocycles. The largest absolute Gasteiger partial charge is 0.386 e. The minimum atomic E-state index is -0.873. The van der Waals surface area contributed by atoms with Gasteiger partial charge in [0.15, 0.2) is 0 Å². The first kappa shape index (κ1) is 18.1. The number of benzene rings is 2. The molecule has 25 heavy (non-hydrogen) atoms. The molecular formula is C20H24BrN3O. The van der Waals surface area contributed by atoms with E-state index in [4.69, 9.17) is 0 Å². The van der Waals surface area contributed by atoms with Crippen LogP contribution in [-0.4, -0.2) is 20.1 Å². The lowest BCUT2D eigenvalue weighted by Crippen LogP contribution is -2.16. The number of halogens is 1. The number of aliphatic hydroxyl groups is 1. The van der Waals surface area contributed by atoms with Crippen molar-refractivity contribution >= 4 is 27.0 Å². The zero-order chi connectivity index (χ0) is 18.4. The molecule has 0 atom stereocenters. The summed E-state index contributed by atoms with van der Waals surface area (Å²) in [5.41, 5.74) is 4.10. The number of rotatable bonds is 3. The first-order chi connectivity index (χ1) is 11.6. The number of fused-ring (bicyclic) bond motifs is 1. The van der Waals surface area contributed by atoms with E-state index in [0.717, 1.165) is 38.7 Å². The van der Waals surface area contributed by atoms with Gasteiger partial charge in [0.05, 0.1) is 15.6 Å². The second-order valence-electron chi connectivity index (χ2n) is 8.24. The summed E-state index contributed by atoms with van der Waals surface area (Å²) in [6, 6.07) is 12.1. The number of hydrogen-bond acceptors (Lipinski definition) is 3. The van der Waals surface area contributed by atoms with E-state index in [1.54, 1.807) is 13.8 Å². The van der Waals surface area contributed by atoms with Crippen LogP contribution in [0.2, 0.25) is 0 Å². The second kappa shape index (κ2) is 6.22. The molecule has 0 radical (unpaired) electrons. The van der Waals surface area contributed by atoms with E-state index in [1.807, 2.05) is 28.9 Å². The molecule has 2 aromatic carbocycles. The van der Waals surface area contributed by atoms with Crippen LogP contribution in [-0.2, 0) is 12.1 Å². The van der Waals surface area contributed by atoms with Crippen LogP contribution >= 0.6 is 15.9 Å². The molecule has 1 aromatic heterocycles.